The fourth-order valence-electron chi connectivity index (χ4n) is 3.72. The lowest BCUT2D eigenvalue weighted by Gasteiger charge is -2.19. The summed E-state index contributed by atoms with van der Waals surface area (Å²) in [7, 11) is 1.77. The van der Waals surface area contributed by atoms with Crippen molar-refractivity contribution in [2.75, 3.05) is 13.6 Å². The van der Waals surface area contributed by atoms with E-state index in [2.05, 4.69) is 0 Å². The molecular formula is C18H24N2O3S. The first-order valence-electron chi connectivity index (χ1n) is 8.61. The topological polar surface area (TPSA) is 57.7 Å². The first-order valence-corrected chi connectivity index (χ1v) is 9.49. The Bertz CT molecular complexity index is 630. The lowest BCUT2D eigenvalue weighted by atomic mass is 9.81. The molecular weight excluding hydrogens is 324 g/mol. The van der Waals surface area contributed by atoms with Crippen molar-refractivity contribution in [2.24, 2.45) is 11.8 Å². The van der Waals surface area contributed by atoms with E-state index >= 15 is 0 Å². The number of hydrogen-bond acceptors (Lipinski definition) is 4. The molecule has 0 spiro atoms. The SMILES string of the molecule is Cc1ccsc1CN(C)C(=O)CCN1C(=O)[C@@H]2CCCC[C@H]2C1=O. The zero-order chi connectivity index (χ0) is 17.3. The summed E-state index contributed by atoms with van der Waals surface area (Å²) >= 11 is 1.64. The Kier molecular flexibility index (Phi) is 5.04. The van der Waals surface area contributed by atoms with Crippen LogP contribution in [0.5, 0.6) is 0 Å². The summed E-state index contributed by atoms with van der Waals surface area (Å²) in [5.41, 5.74) is 1.19. The van der Waals surface area contributed by atoms with E-state index < -0.39 is 0 Å². The van der Waals surface area contributed by atoms with Crippen LogP contribution in [-0.4, -0.2) is 41.1 Å². The molecule has 0 radical (unpaired) electrons. The van der Waals surface area contributed by atoms with Crippen LogP contribution >= 0.6 is 11.3 Å². The number of amides is 3. The van der Waals surface area contributed by atoms with Gasteiger partial charge in [-0.2, -0.15) is 0 Å². The molecule has 24 heavy (non-hydrogen) atoms. The van der Waals surface area contributed by atoms with Gasteiger partial charge in [0.2, 0.25) is 17.7 Å². The molecule has 1 aromatic rings. The van der Waals surface area contributed by atoms with Gasteiger partial charge in [0, 0.05) is 24.9 Å². The van der Waals surface area contributed by atoms with Gasteiger partial charge in [-0.05, 0) is 36.8 Å². The summed E-state index contributed by atoms with van der Waals surface area (Å²) in [4.78, 5) is 41.4. The van der Waals surface area contributed by atoms with Crippen LogP contribution in [0.25, 0.3) is 0 Å². The molecule has 1 saturated carbocycles. The zero-order valence-corrected chi connectivity index (χ0v) is 15.1. The third-order valence-corrected chi connectivity index (χ3v) is 6.26. The fraction of sp³-hybridized carbons (Fsp3) is 0.611. The molecule has 6 heteroatoms. The molecule has 1 saturated heterocycles. The van der Waals surface area contributed by atoms with E-state index in [1.165, 1.54) is 15.3 Å². The van der Waals surface area contributed by atoms with Gasteiger partial charge in [-0.1, -0.05) is 12.8 Å². The van der Waals surface area contributed by atoms with E-state index in [4.69, 9.17) is 0 Å². The first kappa shape index (κ1) is 17.1. The van der Waals surface area contributed by atoms with Crippen LogP contribution in [-0.2, 0) is 20.9 Å². The number of imide groups is 1. The van der Waals surface area contributed by atoms with Crippen molar-refractivity contribution in [3.8, 4) is 0 Å². The van der Waals surface area contributed by atoms with Crippen LogP contribution in [0, 0.1) is 18.8 Å². The molecule has 0 unspecified atom stereocenters. The highest BCUT2D eigenvalue weighted by Gasteiger charge is 2.47. The molecule has 0 N–H and O–H groups in total. The van der Waals surface area contributed by atoms with Gasteiger partial charge >= 0.3 is 0 Å². The maximum Gasteiger partial charge on any atom is 0.233 e. The summed E-state index contributed by atoms with van der Waals surface area (Å²) in [6.45, 7) is 2.83. The van der Waals surface area contributed by atoms with E-state index in [9.17, 15) is 14.4 Å². The number of thiophene rings is 1. The van der Waals surface area contributed by atoms with Gasteiger partial charge in [-0.15, -0.1) is 11.3 Å². The normalized spacial score (nSPS) is 23.5. The largest absolute Gasteiger partial charge is 0.341 e. The minimum atomic E-state index is -0.132. The second-order valence-electron chi connectivity index (χ2n) is 6.85. The number of fused-ring (bicyclic) bond motifs is 1. The number of carbonyl (C=O) groups is 3. The Labute approximate surface area is 146 Å². The summed E-state index contributed by atoms with van der Waals surface area (Å²) < 4.78 is 0. The van der Waals surface area contributed by atoms with Crippen LogP contribution in [0.3, 0.4) is 0 Å². The van der Waals surface area contributed by atoms with Crippen molar-refractivity contribution in [3.63, 3.8) is 0 Å². The number of hydrogen-bond donors (Lipinski definition) is 0. The van der Waals surface area contributed by atoms with E-state index in [1.807, 2.05) is 18.4 Å². The van der Waals surface area contributed by atoms with Crippen molar-refractivity contribution < 1.29 is 14.4 Å². The molecule has 2 heterocycles. The molecule has 2 aliphatic rings. The number of aryl methyl sites for hydroxylation is 1. The van der Waals surface area contributed by atoms with Crippen molar-refractivity contribution in [3.05, 3.63) is 21.9 Å². The Morgan fingerprint density at radius 1 is 1.25 bits per heavy atom. The minimum Gasteiger partial charge on any atom is -0.341 e. The fourth-order valence-corrected chi connectivity index (χ4v) is 4.68. The number of rotatable bonds is 5. The maximum atomic E-state index is 12.4. The average molecular weight is 348 g/mol. The second kappa shape index (κ2) is 7.05. The molecule has 0 bridgehead atoms. The smallest absolute Gasteiger partial charge is 0.233 e. The van der Waals surface area contributed by atoms with Gasteiger partial charge in [-0.25, -0.2) is 0 Å². The van der Waals surface area contributed by atoms with E-state index in [-0.39, 0.29) is 42.5 Å². The molecule has 3 rings (SSSR count). The molecule has 2 fully saturated rings. The van der Waals surface area contributed by atoms with Crippen LogP contribution in [0.1, 0.15) is 42.5 Å². The van der Waals surface area contributed by atoms with Gasteiger partial charge in [0.05, 0.1) is 18.4 Å². The first-order chi connectivity index (χ1) is 11.5. The molecule has 3 amide bonds. The second-order valence-corrected chi connectivity index (χ2v) is 7.85. The molecule has 1 aromatic heterocycles. The van der Waals surface area contributed by atoms with E-state index in [0.717, 1.165) is 25.7 Å². The molecule has 0 aromatic carbocycles. The lowest BCUT2D eigenvalue weighted by molar-refractivity contribution is -0.140. The van der Waals surface area contributed by atoms with Crippen molar-refractivity contribution in [1.82, 2.24) is 9.80 Å². The van der Waals surface area contributed by atoms with Crippen molar-refractivity contribution in [2.45, 2.75) is 45.6 Å². The number of carbonyl (C=O) groups excluding carboxylic acids is 3. The van der Waals surface area contributed by atoms with Gasteiger partial charge in [0.15, 0.2) is 0 Å². The minimum absolute atomic E-state index is 0.0294. The standard InChI is InChI=1S/C18H24N2O3S/c1-12-8-10-24-15(12)11-19(2)16(21)7-9-20-17(22)13-5-3-4-6-14(13)18(20)23/h8,10,13-14H,3-7,9,11H2,1-2H3/t13-,14-/m1/s1. The average Bonchev–Trinajstić information content (AvgIpc) is 3.08. The maximum absolute atomic E-state index is 12.4. The third-order valence-electron chi connectivity index (χ3n) is 5.26. The summed E-state index contributed by atoms with van der Waals surface area (Å²) in [5.74, 6) is -0.414. The Balaban J connectivity index is 1.55. The van der Waals surface area contributed by atoms with Crippen LogP contribution in [0.2, 0.25) is 0 Å². The Hall–Kier alpha value is -1.69. The van der Waals surface area contributed by atoms with Crippen LogP contribution < -0.4 is 0 Å². The number of nitrogens with zero attached hydrogens (tertiary/aromatic N) is 2. The van der Waals surface area contributed by atoms with E-state index in [1.54, 1.807) is 23.3 Å². The highest BCUT2D eigenvalue weighted by atomic mass is 32.1. The predicted molar refractivity (Wildman–Crippen MR) is 92.3 cm³/mol. The van der Waals surface area contributed by atoms with Crippen LogP contribution in [0.4, 0.5) is 0 Å². The van der Waals surface area contributed by atoms with Crippen molar-refractivity contribution in [1.29, 1.82) is 0 Å². The van der Waals surface area contributed by atoms with E-state index in [0.29, 0.717) is 6.54 Å². The molecule has 5 nitrogen and oxygen atoms in total. The lowest BCUT2D eigenvalue weighted by Crippen LogP contribution is -2.36. The van der Waals surface area contributed by atoms with Gasteiger partial charge in [0.1, 0.15) is 0 Å². The van der Waals surface area contributed by atoms with Gasteiger partial charge in [-0.3, -0.25) is 19.3 Å². The Morgan fingerprint density at radius 2 is 1.88 bits per heavy atom. The predicted octanol–water partition coefficient (Wildman–Crippen LogP) is 2.58. The summed E-state index contributed by atoms with van der Waals surface area (Å²) in [5, 5.41) is 2.02. The third kappa shape index (κ3) is 3.24. The molecule has 2 atom stereocenters. The Morgan fingerprint density at radius 3 is 2.42 bits per heavy atom. The molecule has 1 aliphatic heterocycles. The zero-order valence-electron chi connectivity index (χ0n) is 14.3. The summed E-state index contributed by atoms with van der Waals surface area (Å²) in [6.07, 6.45) is 3.89. The van der Waals surface area contributed by atoms with Gasteiger partial charge in [0.25, 0.3) is 0 Å². The quantitative estimate of drug-likeness (QED) is 0.769. The highest BCUT2D eigenvalue weighted by Crippen LogP contribution is 2.38. The monoisotopic (exact) mass is 348 g/mol. The summed E-state index contributed by atoms with van der Waals surface area (Å²) in [6, 6.07) is 2.04. The van der Waals surface area contributed by atoms with Gasteiger partial charge < -0.3 is 4.90 Å². The van der Waals surface area contributed by atoms with Crippen molar-refractivity contribution >= 4 is 29.1 Å². The van der Waals surface area contributed by atoms with Crippen LogP contribution in [0.15, 0.2) is 11.4 Å². The molecule has 1 aliphatic carbocycles. The highest BCUT2D eigenvalue weighted by molar-refractivity contribution is 7.10. The molecule has 130 valence electrons. The number of likely N-dealkylation sites (tertiary alicyclic amines) is 1.